The highest BCUT2D eigenvalue weighted by Gasteiger charge is 2.22. The summed E-state index contributed by atoms with van der Waals surface area (Å²) in [5, 5.41) is 28.6. The standard InChI is InChI=1S/C12H16O5/c1-3-4-5-7-8(13)6-9(17-2)10(11(7)14)12(15)16/h6,13-14H,3-5H2,1-2H3,(H,15,16). The Morgan fingerprint density at radius 1 is 1.41 bits per heavy atom. The first-order valence-electron chi connectivity index (χ1n) is 5.38. The second-order valence-electron chi connectivity index (χ2n) is 3.71. The number of carboxylic acids is 1. The predicted octanol–water partition coefficient (Wildman–Crippen LogP) is 2.15. The number of ether oxygens (including phenoxy) is 1. The van der Waals surface area contributed by atoms with Crippen LogP contribution in [0.15, 0.2) is 6.07 Å². The molecule has 1 rings (SSSR count). The molecule has 0 aromatic heterocycles. The molecule has 0 aliphatic rings. The Kier molecular flexibility index (Phi) is 4.20. The lowest BCUT2D eigenvalue weighted by Crippen LogP contribution is -2.03. The van der Waals surface area contributed by atoms with Gasteiger partial charge in [0.25, 0.3) is 0 Å². The van der Waals surface area contributed by atoms with Crippen molar-refractivity contribution < 1.29 is 24.9 Å². The summed E-state index contributed by atoms with van der Waals surface area (Å²) in [7, 11) is 1.28. The number of phenolic OH excluding ortho intramolecular Hbond substituents is 1. The number of hydrogen-bond acceptors (Lipinski definition) is 4. The monoisotopic (exact) mass is 240 g/mol. The average Bonchev–Trinajstić information content (AvgIpc) is 2.27. The Bertz CT molecular complexity index is 425. The van der Waals surface area contributed by atoms with Crippen molar-refractivity contribution in [2.24, 2.45) is 0 Å². The fourth-order valence-corrected chi connectivity index (χ4v) is 1.64. The van der Waals surface area contributed by atoms with Gasteiger partial charge in [0.1, 0.15) is 22.8 Å². The molecule has 1 aromatic rings. The van der Waals surface area contributed by atoms with Crippen LogP contribution < -0.4 is 4.74 Å². The summed E-state index contributed by atoms with van der Waals surface area (Å²) in [6, 6.07) is 1.22. The molecule has 0 fully saturated rings. The molecule has 5 heteroatoms. The fraction of sp³-hybridized carbons (Fsp3) is 0.417. The van der Waals surface area contributed by atoms with Gasteiger partial charge in [0.2, 0.25) is 0 Å². The van der Waals surface area contributed by atoms with E-state index in [1.165, 1.54) is 13.2 Å². The number of aromatic hydroxyl groups is 2. The summed E-state index contributed by atoms with van der Waals surface area (Å²) in [5.74, 6) is -1.88. The molecule has 0 aliphatic heterocycles. The van der Waals surface area contributed by atoms with Gasteiger partial charge in [0.15, 0.2) is 0 Å². The minimum absolute atomic E-state index is 0.0484. The van der Waals surface area contributed by atoms with Crippen molar-refractivity contribution in [1.82, 2.24) is 0 Å². The predicted molar refractivity (Wildman–Crippen MR) is 61.9 cm³/mol. The lowest BCUT2D eigenvalue weighted by atomic mass is 10.0. The first kappa shape index (κ1) is 13.2. The van der Waals surface area contributed by atoms with Gasteiger partial charge in [0.05, 0.1) is 7.11 Å². The molecule has 0 amide bonds. The number of hydrogen-bond donors (Lipinski definition) is 3. The first-order chi connectivity index (χ1) is 8.02. The van der Waals surface area contributed by atoms with Crippen LogP contribution in [0.1, 0.15) is 35.7 Å². The summed E-state index contributed by atoms with van der Waals surface area (Å²) in [5.41, 5.74) is -0.0542. The maximum atomic E-state index is 11.0. The fourth-order valence-electron chi connectivity index (χ4n) is 1.64. The van der Waals surface area contributed by atoms with Crippen LogP contribution in [0.25, 0.3) is 0 Å². The van der Waals surface area contributed by atoms with Crippen molar-refractivity contribution in [3.8, 4) is 17.2 Å². The molecular weight excluding hydrogens is 224 g/mol. The number of rotatable bonds is 5. The van der Waals surface area contributed by atoms with Gasteiger partial charge >= 0.3 is 5.97 Å². The molecule has 17 heavy (non-hydrogen) atoms. The third kappa shape index (κ3) is 2.61. The number of methoxy groups -OCH3 is 1. The topological polar surface area (TPSA) is 87.0 Å². The van der Waals surface area contributed by atoms with Crippen molar-refractivity contribution in [3.63, 3.8) is 0 Å². The summed E-state index contributed by atoms with van der Waals surface area (Å²) >= 11 is 0. The van der Waals surface area contributed by atoms with Crippen LogP contribution in [0.3, 0.4) is 0 Å². The molecular formula is C12H16O5. The van der Waals surface area contributed by atoms with Gasteiger partial charge in [-0.15, -0.1) is 0 Å². The van der Waals surface area contributed by atoms with E-state index >= 15 is 0 Å². The molecule has 3 N–H and O–H groups in total. The van der Waals surface area contributed by atoms with E-state index in [1.54, 1.807) is 0 Å². The highest BCUT2D eigenvalue weighted by atomic mass is 16.5. The van der Waals surface area contributed by atoms with E-state index in [0.717, 1.165) is 12.8 Å². The molecule has 5 nitrogen and oxygen atoms in total. The first-order valence-corrected chi connectivity index (χ1v) is 5.38. The van der Waals surface area contributed by atoms with Gasteiger partial charge in [-0.1, -0.05) is 13.3 Å². The lowest BCUT2D eigenvalue weighted by molar-refractivity contribution is 0.0689. The largest absolute Gasteiger partial charge is 0.507 e. The Hall–Kier alpha value is -1.91. The van der Waals surface area contributed by atoms with E-state index in [4.69, 9.17) is 9.84 Å². The van der Waals surface area contributed by atoms with Crippen LogP contribution >= 0.6 is 0 Å². The molecule has 1 aromatic carbocycles. The number of carboxylic acid groups (broad SMARTS) is 1. The third-order valence-corrected chi connectivity index (χ3v) is 2.56. The van der Waals surface area contributed by atoms with Gasteiger partial charge in [-0.3, -0.25) is 0 Å². The van der Waals surface area contributed by atoms with Crippen LogP contribution in [-0.2, 0) is 6.42 Å². The van der Waals surface area contributed by atoms with E-state index in [9.17, 15) is 15.0 Å². The van der Waals surface area contributed by atoms with Crippen LogP contribution in [0.4, 0.5) is 0 Å². The van der Waals surface area contributed by atoms with Gasteiger partial charge in [-0.2, -0.15) is 0 Å². The minimum atomic E-state index is -1.28. The smallest absolute Gasteiger partial charge is 0.343 e. The summed E-state index contributed by atoms with van der Waals surface area (Å²) in [4.78, 5) is 11.0. The molecule has 0 heterocycles. The molecule has 94 valence electrons. The van der Waals surface area contributed by atoms with Crippen molar-refractivity contribution in [2.45, 2.75) is 26.2 Å². The van der Waals surface area contributed by atoms with Crippen molar-refractivity contribution >= 4 is 5.97 Å². The quantitative estimate of drug-likeness (QED) is 0.734. The van der Waals surface area contributed by atoms with Gasteiger partial charge in [-0.05, 0) is 12.8 Å². The Labute approximate surface area is 99.3 Å². The number of aromatic carboxylic acids is 1. The number of phenols is 2. The van der Waals surface area contributed by atoms with Gasteiger partial charge in [-0.25, -0.2) is 4.79 Å². The zero-order valence-electron chi connectivity index (χ0n) is 9.86. The molecule has 0 spiro atoms. The highest BCUT2D eigenvalue weighted by Crippen LogP contribution is 2.38. The third-order valence-electron chi connectivity index (χ3n) is 2.56. The van der Waals surface area contributed by atoms with Crippen LogP contribution in [0.2, 0.25) is 0 Å². The van der Waals surface area contributed by atoms with Crippen molar-refractivity contribution in [2.75, 3.05) is 7.11 Å². The molecule has 0 saturated carbocycles. The van der Waals surface area contributed by atoms with Crippen LogP contribution in [0, 0.1) is 0 Å². The maximum absolute atomic E-state index is 11.0. The van der Waals surface area contributed by atoms with Crippen LogP contribution in [0.5, 0.6) is 17.2 Å². The molecule has 0 unspecified atom stereocenters. The van der Waals surface area contributed by atoms with E-state index in [-0.39, 0.29) is 22.6 Å². The number of benzene rings is 1. The molecule has 0 aliphatic carbocycles. The number of carbonyl (C=O) groups is 1. The summed E-state index contributed by atoms with van der Waals surface area (Å²) in [6.45, 7) is 1.97. The normalized spacial score (nSPS) is 10.2. The molecule has 0 bridgehead atoms. The lowest BCUT2D eigenvalue weighted by Gasteiger charge is -2.13. The SMILES string of the molecule is CCCCc1c(O)cc(OC)c(C(=O)O)c1O. The maximum Gasteiger partial charge on any atom is 0.343 e. The van der Waals surface area contributed by atoms with E-state index in [1.807, 2.05) is 6.92 Å². The summed E-state index contributed by atoms with van der Waals surface area (Å²) in [6.07, 6.45) is 2.07. The molecule has 0 atom stereocenters. The highest BCUT2D eigenvalue weighted by molar-refractivity contribution is 5.95. The molecule has 0 radical (unpaired) electrons. The van der Waals surface area contributed by atoms with Gasteiger partial charge in [0, 0.05) is 11.6 Å². The number of unbranched alkanes of at least 4 members (excludes halogenated alkanes) is 1. The van der Waals surface area contributed by atoms with Crippen molar-refractivity contribution in [1.29, 1.82) is 0 Å². The van der Waals surface area contributed by atoms with Gasteiger partial charge < -0.3 is 20.1 Å². The Balaban J connectivity index is 3.32. The second kappa shape index (κ2) is 5.43. The summed E-state index contributed by atoms with van der Waals surface area (Å²) < 4.78 is 4.83. The zero-order valence-corrected chi connectivity index (χ0v) is 9.86. The van der Waals surface area contributed by atoms with E-state index < -0.39 is 11.7 Å². The van der Waals surface area contributed by atoms with Crippen molar-refractivity contribution in [3.05, 3.63) is 17.2 Å². The minimum Gasteiger partial charge on any atom is -0.507 e. The second-order valence-corrected chi connectivity index (χ2v) is 3.71. The van der Waals surface area contributed by atoms with E-state index in [0.29, 0.717) is 6.42 Å². The van der Waals surface area contributed by atoms with Crippen LogP contribution in [-0.4, -0.2) is 28.4 Å². The van der Waals surface area contributed by atoms with E-state index in [2.05, 4.69) is 0 Å². The Morgan fingerprint density at radius 2 is 2.06 bits per heavy atom. The molecule has 0 saturated heterocycles. The Morgan fingerprint density at radius 3 is 2.53 bits per heavy atom. The average molecular weight is 240 g/mol. The zero-order chi connectivity index (χ0) is 13.0.